The second-order valence-corrected chi connectivity index (χ2v) is 33.5. The molecule has 9 N–H and O–H groups in total. The Morgan fingerprint density at radius 3 is 1.01 bits per heavy atom. The SMILES string of the molecule is C=C1C=C(C(F)(F)F)C(C(=O)Nc2cc(-c3cc(C(=O)NC4CCCCC4)ccc3F)ccc2N2CCN(C)CC2)=CN1.C=C1C=C(C(F)(F)F)C(C(=O)Nc2cc(-c3ccc(CNC4CCCC4)cc3F)ccc2N2CCN(C)CC2)=CN1.C=C1C=C(C(F)(F)F)C(C(=O)Nc2cc(-c3ccc(CNC4CCCCC4)cc3F)ccc2N2CCN(C)CC2)=CN1. The van der Waals surface area contributed by atoms with Crippen LogP contribution in [0.2, 0.25) is 0 Å². The van der Waals surface area contributed by atoms with Crippen LogP contribution in [-0.2, 0) is 27.5 Å². The highest BCUT2D eigenvalue weighted by Crippen LogP contribution is 2.43. The third kappa shape index (κ3) is 23.8. The van der Waals surface area contributed by atoms with Gasteiger partial charge in [0.2, 0.25) is 0 Å². The van der Waals surface area contributed by atoms with Gasteiger partial charge in [-0.05, 0) is 172 Å². The van der Waals surface area contributed by atoms with E-state index >= 15 is 13.2 Å². The average molecular weight is 1750 g/mol. The largest absolute Gasteiger partial charge is 0.417 e. The van der Waals surface area contributed by atoms with E-state index in [9.17, 15) is 58.7 Å². The van der Waals surface area contributed by atoms with Gasteiger partial charge in [0.1, 0.15) is 17.5 Å². The summed E-state index contributed by atoms with van der Waals surface area (Å²) in [5.74, 6) is -4.48. The van der Waals surface area contributed by atoms with Crippen molar-refractivity contribution in [1.82, 2.24) is 46.6 Å². The van der Waals surface area contributed by atoms with Crippen molar-refractivity contribution in [2.24, 2.45) is 0 Å². The van der Waals surface area contributed by atoms with Crippen LogP contribution in [0.15, 0.2) is 216 Å². The number of piperazine rings is 3. The number of carbonyl (C=O) groups is 4. The van der Waals surface area contributed by atoms with E-state index in [1.165, 1.54) is 62.4 Å². The van der Waals surface area contributed by atoms with Crippen LogP contribution in [0.3, 0.4) is 0 Å². The van der Waals surface area contributed by atoms with E-state index in [1.807, 2.05) is 38.2 Å². The first-order valence-corrected chi connectivity index (χ1v) is 42.8. The molecule has 15 rings (SSSR count). The molecular weight excluding hydrogens is 1640 g/mol. The summed E-state index contributed by atoms with van der Waals surface area (Å²) < 4.78 is 170. The molecule has 0 bridgehead atoms. The van der Waals surface area contributed by atoms with Crippen LogP contribution >= 0.6 is 0 Å². The average Bonchev–Trinajstić information content (AvgIpc) is 0.820. The van der Waals surface area contributed by atoms with E-state index in [0.717, 1.165) is 145 Å². The highest BCUT2D eigenvalue weighted by Gasteiger charge is 2.43. The third-order valence-corrected chi connectivity index (χ3v) is 24.3. The second kappa shape index (κ2) is 40.9. The van der Waals surface area contributed by atoms with E-state index in [1.54, 1.807) is 66.7 Å². The van der Waals surface area contributed by atoms with Crippen molar-refractivity contribution in [2.45, 2.75) is 140 Å². The van der Waals surface area contributed by atoms with Gasteiger partial charge in [-0.2, -0.15) is 39.5 Å². The topological polar surface area (TPSA) is 196 Å². The van der Waals surface area contributed by atoms with Gasteiger partial charge >= 0.3 is 18.5 Å². The van der Waals surface area contributed by atoms with Crippen LogP contribution in [-0.4, -0.2) is 175 Å². The number of halogens is 12. The number of dihydropyridines is 3. The number of allylic oxidation sites excluding steroid dienone is 3. The van der Waals surface area contributed by atoms with Crippen LogP contribution in [0.4, 0.5) is 86.8 Å². The molecule has 0 unspecified atom stereocenters. The summed E-state index contributed by atoms with van der Waals surface area (Å²) in [6.07, 6.45) is 6.87. The standard InChI is InChI=1S/C32H35F4N5O2.C32H37F4N5O.C31H35F4N5O/c1-20-16-26(32(34,35)36)25(19-37-20)31(43)39-28-18-21(9-11-29(28)41-14-12-40(2)13-15-41)24-17-22(8-10-27(24)33)30(42)38-23-6-4-3-5-7-23;1-21-16-27(32(34,35)36)26(20-37-21)31(42)39-29-18-23(9-11-30(29)41-14-12-40(2)13-15-41)25-10-8-22(17-28(25)33)19-38-24-6-4-3-5-7-24;1-20-15-26(31(33,34)35)25(19-36-20)30(41)38-28-17-22(8-10-29(28)40-13-11-39(2)12-14-40)24-9-7-21(16-27(24)32)18-37-23-5-3-4-6-23/h8-11,16-19,23,37H,1,3-7,12-15H2,2H3,(H,38,42)(H,39,43);8-11,16-18,20,24,37-38H,1,3-7,12-15,19H2,2H3,(H,39,42);7-10,15-17,19,23,36-37H,1,3-6,11-14,18H2,2H3,(H,38,41). The first-order chi connectivity index (χ1) is 60.1. The molecule has 19 nitrogen and oxygen atoms in total. The highest BCUT2D eigenvalue weighted by molar-refractivity contribution is 6.11. The third-order valence-electron chi connectivity index (χ3n) is 24.3. The van der Waals surface area contributed by atoms with Crippen LogP contribution in [0.1, 0.15) is 111 Å². The molecule has 670 valence electrons. The van der Waals surface area contributed by atoms with Crippen LogP contribution in [0.25, 0.3) is 33.4 Å². The Bertz CT molecular complexity index is 5240. The number of hydrogen-bond donors (Lipinski definition) is 9. The van der Waals surface area contributed by atoms with Crippen LogP contribution in [0, 0.1) is 17.5 Å². The fourth-order valence-electron chi connectivity index (χ4n) is 17.0. The zero-order chi connectivity index (χ0) is 89.7. The predicted octanol–water partition coefficient (Wildman–Crippen LogP) is 17.5. The van der Waals surface area contributed by atoms with Crippen LogP contribution < -0.4 is 62.6 Å². The Labute approximate surface area is 726 Å². The number of amides is 4. The second-order valence-electron chi connectivity index (χ2n) is 33.5. The number of nitrogens with one attached hydrogen (secondary N) is 9. The molecule has 3 saturated heterocycles. The monoisotopic (exact) mass is 1750 g/mol. The molecule has 0 atom stereocenters. The van der Waals surface area contributed by atoms with Crippen molar-refractivity contribution in [1.29, 1.82) is 0 Å². The van der Waals surface area contributed by atoms with Gasteiger partial charge in [0, 0.05) is 168 Å². The van der Waals surface area contributed by atoms with E-state index in [0.29, 0.717) is 126 Å². The van der Waals surface area contributed by atoms with Gasteiger partial charge in [-0.15, -0.1) is 0 Å². The van der Waals surface area contributed by atoms with Crippen molar-refractivity contribution in [3.8, 4) is 33.4 Å². The summed E-state index contributed by atoms with van der Waals surface area (Å²) in [6.45, 7) is 20.3. The zero-order valence-corrected chi connectivity index (χ0v) is 70.9. The number of hydrogen-bond acceptors (Lipinski definition) is 15. The van der Waals surface area contributed by atoms with Gasteiger partial charge in [0.15, 0.2) is 0 Å². The summed E-state index contributed by atoms with van der Waals surface area (Å²) in [7, 11) is 6.02. The molecular formula is C95H107F12N15O4. The lowest BCUT2D eigenvalue weighted by Crippen LogP contribution is -2.44. The zero-order valence-electron chi connectivity index (χ0n) is 70.9. The van der Waals surface area contributed by atoms with Gasteiger partial charge in [-0.3, -0.25) is 19.2 Å². The van der Waals surface area contributed by atoms with Gasteiger partial charge in [-0.25, -0.2) is 13.2 Å². The molecule has 6 aliphatic heterocycles. The molecule has 3 saturated carbocycles. The number of carbonyl (C=O) groups excluding carboxylic acids is 4. The summed E-state index contributed by atoms with van der Waals surface area (Å²) in [5, 5.41) is 25.9. The Morgan fingerprint density at radius 2 is 0.683 bits per heavy atom. The lowest BCUT2D eigenvalue weighted by Gasteiger charge is -2.35. The Morgan fingerprint density at radius 1 is 0.365 bits per heavy atom. The lowest BCUT2D eigenvalue weighted by molar-refractivity contribution is -0.115. The van der Waals surface area contributed by atoms with E-state index in [2.05, 4.69) is 92.1 Å². The molecule has 0 radical (unpaired) electrons. The molecule has 0 spiro atoms. The summed E-state index contributed by atoms with van der Waals surface area (Å²) in [5.41, 5.74) is 2.12. The van der Waals surface area contributed by atoms with E-state index < -0.39 is 87.1 Å². The van der Waals surface area contributed by atoms with Crippen molar-refractivity contribution >= 4 is 57.8 Å². The van der Waals surface area contributed by atoms with Gasteiger partial charge in [-0.1, -0.05) is 114 Å². The minimum absolute atomic E-state index is 0.00637. The molecule has 0 aromatic heterocycles. The van der Waals surface area contributed by atoms with Crippen molar-refractivity contribution in [3.05, 3.63) is 250 Å². The predicted molar refractivity (Wildman–Crippen MR) is 471 cm³/mol. The molecule has 9 aliphatic rings. The molecule has 4 amide bonds. The maximum absolute atomic E-state index is 15.4. The van der Waals surface area contributed by atoms with Gasteiger partial charge < -0.3 is 77.3 Å². The Hall–Kier alpha value is -11.4. The number of benzene rings is 6. The molecule has 6 heterocycles. The summed E-state index contributed by atoms with van der Waals surface area (Å²) in [4.78, 5) is 65.5. The smallest absolute Gasteiger partial charge is 0.367 e. The maximum Gasteiger partial charge on any atom is 0.417 e. The number of likely N-dealkylation sites (N-methyl/N-ethyl adjacent to an activating group) is 3. The highest BCUT2D eigenvalue weighted by atomic mass is 19.4. The number of rotatable bonds is 20. The molecule has 6 fully saturated rings. The molecule has 6 aromatic rings. The summed E-state index contributed by atoms with van der Waals surface area (Å²) in [6, 6.07) is 30.7. The van der Waals surface area contributed by atoms with Crippen LogP contribution in [0.5, 0.6) is 0 Å². The fraction of sp³-hybridized carbons (Fsp3) is 0.389. The fourth-order valence-corrected chi connectivity index (χ4v) is 17.0. The quantitative estimate of drug-likeness (QED) is 0.0327. The van der Waals surface area contributed by atoms with Crippen molar-refractivity contribution in [2.75, 3.05) is 130 Å². The van der Waals surface area contributed by atoms with E-state index in [4.69, 9.17) is 0 Å². The van der Waals surface area contributed by atoms with Gasteiger partial charge in [0.25, 0.3) is 23.6 Å². The minimum Gasteiger partial charge on any atom is -0.367 e. The molecule has 126 heavy (non-hydrogen) atoms. The first kappa shape index (κ1) is 92.3. The Kier molecular flexibility index (Phi) is 30.0. The van der Waals surface area contributed by atoms with Crippen molar-refractivity contribution < 1.29 is 71.9 Å². The lowest BCUT2D eigenvalue weighted by atomic mass is 9.95. The summed E-state index contributed by atoms with van der Waals surface area (Å²) >= 11 is 0. The molecule has 3 aliphatic carbocycles. The Balaban J connectivity index is 0.000000162. The maximum atomic E-state index is 15.4. The molecule has 31 heteroatoms. The van der Waals surface area contributed by atoms with E-state index in [-0.39, 0.29) is 40.3 Å². The molecule has 6 aromatic carbocycles. The van der Waals surface area contributed by atoms with Gasteiger partial charge in [0.05, 0.1) is 67.6 Å². The normalized spacial score (nSPS) is 18.6. The minimum atomic E-state index is -4.78. The number of alkyl halides is 9. The number of nitrogens with zero attached hydrogens (tertiary/aromatic N) is 6. The number of anilines is 6. The first-order valence-electron chi connectivity index (χ1n) is 42.8. The van der Waals surface area contributed by atoms with Crippen molar-refractivity contribution in [3.63, 3.8) is 0 Å².